The van der Waals surface area contributed by atoms with Gasteiger partial charge in [-0.25, -0.2) is 4.98 Å². The van der Waals surface area contributed by atoms with E-state index >= 15 is 0 Å². The second-order valence-corrected chi connectivity index (χ2v) is 7.04. The van der Waals surface area contributed by atoms with E-state index in [1.807, 2.05) is 41.8 Å². The third kappa shape index (κ3) is 4.68. The van der Waals surface area contributed by atoms with Crippen LogP contribution in [0.5, 0.6) is 0 Å². The molecule has 0 bridgehead atoms. The molecular formula is C23H19N3S. The van der Waals surface area contributed by atoms with Crippen molar-refractivity contribution in [2.75, 3.05) is 5.43 Å². The summed E-state index contributed by atoms with van der Waals surface area (Å²) < 4.78 is 0. The first-order valence-corrected chi connectivity index (χ1v) is 9.68. The Balaban J connectivity index is 1.40. The fourth-order valence-electron chi connectivity index (χ4n) is 2.78. The van der Waals surface area contributed by atoms with E-state index in [0.29, 0.717) is 0 Å². The van der Waals surface area contributed by atoms with Crippen LogP contribution in [0.1, 0.15) is 16.7 Å². The molecule has 132 valence electrons. The van der Waals surface area contributed by atoms with Gasteiger partial charge in [-0.3, -0.25) is 5.43 Å². The maximum absolute atomic E-state index is 4.62. The second-order valence-electron chi connectivity index (χ2n) is 6.18. The molecule has 0 unspecified atom stereocenters. The fourth-order valence-corrected chi connectivity index (χ4v) is 3.45. The number of rotatable bonds is 6. The highest BCUT2D eigenvalue weighted by molar-refractivity contribution is 7.14. The van der Waals surface area contributed by atoms with E-state index in [0.717, 1.165) is 28.4 Å². The lowest BCUT2D eigenvalue weighted by molar-refractivity contribution is 1.19. The summed E-state index contributed by atoms with van der Waals surface area (Å²) in [5.41, 5.74) is 8.75. The van der Waals surface area contributed by atoms with Crippen LogP contribution >= 0.6 is 11.3 Å². The lowest BCUT2D eigenvalue weighted by atomic mass is 10.0. The molecule has 1 N–H and O–H groups in total. The quantitative estimate of drug-likeness (QED) is 0.342. The van der Waals surface area contributed by atoms with Crippen molar-refractivity contribution in [3.05, 3.63) is 107 Å². The first kappa shape index (κ1) is 17.2. The van der Waals surface area contributed by atoms with Gasteiger partial charge in [-0.05, 0) is 23.1 Å². The molecule has 0 aliphatic carbocycles. The number of hydrogen-bond donors (Lipinski definition) is 1. The first-order chi connectivity index (χ1) is 13.4. The molecule has 0 aliphatic rings. The van der Waals surface area contributed by atoms with Gasteiger partial charge >= 0.3 is 0 Å². The minimum Gasteiger partial charge on any atom is -0.253 e. The number of nitrogens with one attached hydrogen (secondary N) is 1. The number of aromatic nitrogens is 1. The predicted octanol–water partition coefficient (Wildman–Crippen LogP) is 5.85. The smallest absolute Gasteiger partial charge is 0.203 e. The molecule has 4 aromatic rings. The minimum atomic E-state index is 0.783. The zero-order valence-electron chi connectivity index (χ0n) is 14.7. The van der Waals surface area contributed by atoms with Crippen molar-refractivity contribution in [2.24, 2.45) is 5.10 Å². The van der Waals surface area contributed by atoms with E-state index in [-0.39, 0.29) is 0 Å². The molecule has 0 fully saturated rings. The van der Waals surface area contributed by atoms with Gasteiger partial charge in [0.25, 0.3) is 0 Å². The van der Waals surface area contributed by atoms with Crippen LogP contribution in [-0.4, -0.2) is 11.2 Å². The molecule has 0 saturated heterocycles. The topological polar surface area (TPSA) is 37.3 Å². The van der Waals surface area contributed by atoms with Crippen molar-refractivity contribution >= 4 is 22.7 Å². The zero-order chi connectivity index (χ0) is 18.3. The Bertz CT molecular complexity index is 1010. The predicted molar refractivity (Wildman–Crippen MR) is 114 cm³/mol. The minimum absolute atomic E-state index is 0.783. The fraction of sp³-hybridized carbons (Fsp3) is 0.0435. The molecule has 0 amide bonds. The number of anilines is 1. The van der Waals surface area contributed by atoms with Gasteiger partial charge in [-0.15, -0.1) is 11.3 Å². The summed E-state index contributed by atoms with van der Waals surface area (Å²) in [7, 11) is 0. The lowest BCUT2D eigenvalue weighted by Crippen LogP contribution is -1.90. The maximum Gasteiger partial charge on any atom is 0.203 e. The second kappa shape index (κ2) is 8.43. The Morgan fingerprint density at radius 3 is 2.22 bits per heavy atom. The highest BCUT2D eigenvalue weighted by Crippen LogP contribution is 2.25. The summed E-state index contributed by atoms with van der Waals surface area (Å²) in [6.45, 7) is 0. The van der Waals surface area contributed by atoms with Crippen molar-refractivity contribution in [1.29, 1.82) is 0 Å². The molecule has 0 spiro atoms. The van der Waals surface area contributed by atoms with E-state index in [1.165, 1.54) is 11.1 Å². The van der Waals surface area contributed by atoms with Crippen LogP contribution < -0.4 is 5.43 Å². The number of benzene rings is 3. The summed E-state index contributed by atoms with van der Waals surface area (Å²) in [5.74, 6) is 0. The summed E-state index contributed by atoms with van der Waals surface area (Å²) in [5, 5.41) is 7.08. The van der Waals surface area contributed by atoms with Crippen LogP contribution in [0, 0.1) is 0 Å². The molecule has 4 heteroatoms. The Hall–Kier alpha value is -3.24. The highest BCUT2D eigenvalue weighted by Gasteiger charge is 2.04. The molecule has 0 saturated carbocycles. The largest absolute Gasteiger partial charge is 0.253 e. The van der Waals surface area contributed by atoms with Crippen LogP contribution in [0.3, 0.4) is 0 Å². The van der Waals surface area contributed by atoms with Crippen molar-refractivity contribution in [3.8, 4) is 11.3 Å². The lowest BCUT2D eigenvalue weighted by Gasteiger charge is -2.03. The average molecular weight is 369 g/mol. The van der Waals surface area contributed by atoms with Crippen molar-refractivity contribution in [2.45, 2.75) is 6.42 Å². The van der Waals surface area contributed by atoms with Crippen LogP contribution in [0.4, 0.5) is 5.13 Å². The monoisotopic (exact) mass is 369 g/mol. The number of hydrogen-bond acceptors (Lipinski definition) is 4. The molecule has 27 heavy (non-hydrogen) atoms. The molecule has 1 aromatic heterocycles. The number of thiazole rings is 1. The van der Waals surface area contributed by atoms with Gasteiger partial charge in [-0.2, -0.15) is 5.10 Å². The Morgan fingerprint density at radius 2 is 1.48 bits per heavy atom. The molecule has 3 nitrogen and oxygen atoms in total. The van der Waals surface area contributed by atoms with Gasteiger partial charge < -0.3 is 0 Å². The Morgan fingerprint density at radius 1 is 0.815 bits per heavy atom. The van der Waals surface area contributed by atoms with E-state index in [1.54, 1.807) is 17.6 Å². The van der Waals surface area contributed by atoms with E-state index in [2.05, 4.69) is 64.0 Å². The molecule has 3 aromatic carbocycles. The van der Waals surface area contributed by atoms with Crippen LogP contribution in [0.2, 0.25) is 0 Å². The number of nitrogens with zero attached hydrogens (tertiary/aromatic N) is 2. The van der Waals surface area contributed by atoms with Crippen LogP contribution in [0.15, 0.2) is 95.4 Å². The van der Waals surface area contributed by atoms with Gasteiger partial charge in [0.05, 0.1) is 11.9 Å². The molecule has 0 atom stereocenters. The zero-order valence-corrected chi connectivity index (χ0v) is 15.6. The maximum atomic E-state index is 4.62. The van der Waals surface area contributed by atoms with E-state index < -0.39 is 0 Å². The third-order valence-corrected chi connectivity index (χ3v) is 4.93. The third-order valence-electron chi connectivity index (χ3n) is 4.18. The van der Waals surface area contributed by atoms with Crippen LogP contribution in [0.25, 0.3) is 11.3 Å². The van der Waals surface area contributed by atoms with Crippen molar-refractivity contribution in [3.63, 3.8) is 0 Å². The van der Waals surface area contributed by atoms with Crippen molar-refractivity contribution in [1.82, 2.24) is 4.98 Å². The summed E-state index contributed by atoms with van der Waals surface area (Å²) in [6.07, 6.45) is 2.73. The van der Waals surface area contributed by atoms with Crippen LogP contribution in [-0.2, 0) is 6.42 Å². The average Bonchev–Trinajstić information content (AvgIpc) is 3.19. The molecule has 1 heterocycles. The first-order valence-electron chi connectivity index (χ1n) is 8.80. The molecule has 4 rings (SSSR count). The summed E-state index contributed by atoms with van der Waals surface area (Å²) in [6, 6.07) is 29.1. The van der Waals surface area contributed by atoms with Gasteiger partial charge in [0.2, 0.25) is 5.13 Å². The Kier molecular flexibility index (Phi) is 5.36. The standard InChI is InChI=1S/C23H19N3S/c1-3-7-18(8-4-1)15-19-11-13-21(14-12-19)22-17-27-23(25-22)26-24-16-20-9-5-2-6-10-20/h1-14,16-17H,15H2,(H,25,26). The SMILES string of the molecule is C(=NNc1nc(-c2ccc(Cc3ccccc3)cc2)cs1)c1ccccc1. The Labute approximate surface area is 163 Å². The van der Waals surface area contributed by atoms with Gasteiger partial charge in [-0.1, -0.05) is 84.9 Å². The number of hydrazone groups is 1. The van der Waals surface area contributed by atoms with Gasteiger partial charge in [0, 0.05) is 10.9 Å². The molecular weight excluding hydrogens is 350 g/mol. The van der Waals surface area contributed by atoms with E-state index in [9.17, 15) is 0 Å². The summed E-state index contributed by atoms with van der Waals surface area (Å²) in [4.78, 5) is 4.62. The molecule has 0 radical (unpaired) electrons. The normalized spacial score (nSPS) is 11.0. The molecule has 0 aliphatic heterocycles. The highest BCUT2D eigenvalue weighted by atomic mass is 32.1. The van der Waals surface area contributed by atoms with Gasteiger partial charge in [0.15, 0.2) is 0 Å². The van der Waals surface area contributed by atoms with E-state index in [4.69, 9.17) is 0 Å². The van der Waals surface area contributed by atoms with Gasteiger partial charge in [0.1, 0.15) is 0 Å². The van der Waals surface area contributed by atoms with Crippen molar-refractivity contribution < 1.29 is 0 Å². The summed E-state index contributed by atoms with van der Waals surface area (Å²) >= 11 is 1.55.